The fraction of sp³-hybridized carbons (Fsp3) is 0.333. The van der Waals surface area contributed by atoms with Crippen molar-refractivity contribution in [1.29, 1.82) is 0 Å². The molecule has 0 spiro atoms. The zero-order valence-corrected chi connectivity index (χ0v) is 22.7. The van der Waals surface area contributed by atoms with Crippen LogP contribution in [0.4, 0.5) is 15.8 Å². The van der Waals surface area contributed by atoms with Gasteiger partial charge >= 0.3 is 4.87 Å². The van der Waals surface area contributed by atoms with Crippen LogP contribution in [0.1, 0.15) is 35.6 Å². The van der Waals surface area contributed by atoms with Gasteiger partial charge in [-0.15, -0.1) is 0 Å². The highest BCUT2D eigenvalue weighted by Crippen LogP contribution is 2.53. The molecule has 0 N–H and O–H groups in total. The van der Waals surface area contributed by atoms with Crippen molar-refractivity contribution in [3.05, 3.63) is 84.6 Å². The van der Waals surface area contributed by atoms with Crippen LogP contribution in [0.25, 0.3) is 0 Å². The molecule has 10 nitrogen and oxygen atoms in total. The minimum atomic E-state index is -0.907. The molecule has 206 valence electrons. The highest BCUT2D eigenvalue weighted by Gasteiger charge is 2.56. The maximum atomic E-state index is 13.8. The molecule has 13 heteroatoms. The number of aromatic nitrogens is 1. The number of thioether (sulfide) groups is 1. The number of carbonyl (C=O) groups is 3. The number of hydrogen-bond donors (Lipinski definition) is 0. The maximum absolute atomic E-state index is 13.8. The Balaban J connectivity index is 1.41. The summed E-state index contributed by atoms with van der Waals surface area (Å²) in [6.07, 6.45) is 2.86. The van der Waals surface area contributed by atoms with Gasteiger partial charge in [-0.05, 0) is 49.1 Å². The number of hydrogen-bond acceptors (Lipinski definition) is 8. The molecule has 40 heavy (non-hydrogen) atoms. The van der Waals surface area contributed by atoms with E-state index in [-0.39, 0.29) is 28.7 Å². The van der Waals surface area contributed by atoms with Crippen molar-refractivity contribution in [2.75, 3.05) is 18.0 Å². The van der Waals surface area contributed by atoms with Crippen LogP contribution in [-0.4, -0.2) is 50.5 Å². The topological polar surface area (TPSA) is 123 Å². The number of nitro benzene ring substituents is 1. The van der Waals surface area contributed by atoms with Crippen molar-refractivity contribution in [1.82, 2.24) is 9.47 Å². The summed E-state index contributed by atoms with van der Waals surface area (Å²) in [5.74, 6) is -3.28. The van der Waals surface area contributed by atoms with E-state index in [9.17, 15) is 33.7 Å². The summed E-state index contributed by atoms with van der Waals surface area (Å²) >= 11 is 2.02. The monoisotopic (exact) mass is 582 g/mol. The Kier molecular flexibility index (Phi) is 6.78. The third kappa shape index (κ3) is 4.42. The molecule has 2 aromatic carbocycles. The smallest absolute Gasteiger partial charge is 0.308 e. The summed E-state index contributed by atoms with van der Waals surface area (Å²) in [5.41, 5.74) is 0.596. The summed E-state index contributed by atoms with van der Waals surface area (Å²) in [5, 5.41) is 10.7. The second-order valence-electron chi connectivity index (χ2n) is 9.94. The van der Waals surface area contributed by atoms with Crippen LogP contribution in [0.5, 0.6) is 0 Å². The number of carbonyl (C=O) groups excluding carboxylic acids is 3. The number of nitro groups is 1. The highest BCUT2D eigenvalue weighted by molar-refractivity contribution is 8.00. The maximum Gasteiger partial charge on any atom is 0.308 e. The number of halogens is 1. The van der Waals surface area contributed by atoms with E-state index in [0.29, 0.717) is 28.6 Å². The van der Waals surface area contributed by atoms with E-state index in [1.54, 1.807) is 4.90 Å². The second-order valence-corrected chi connectivity index (χ2v) is 12.1. The van der Waals surface area contributed by atoms with Gasteiger partial charge in [-0.2, -0.15) is 0 Å². The lowest BCUT2D eigenvalue weighted by molar-refractivity contribution is -0.384. The molecule has 2 saturated heterocycles. The van der Waals surface area contributed by atoms with Gasteiger partial charge in [-0.1, -0.05) is 35.2 Å². The molecule has 3 amide bonds. The number of fused-ring (bicyclic) bond motifs is 2. The van der Waals surface area contributed by atoms with Gasteiger partial charge in [0.25, 0.3) is 5.69 Å². The molecule has 3 aliphatic rings. The Hall–Kier alpha value is -3.84. The average molecular weight is 583 g/mol. The number of non-ortho nitro benzene ring substituents is 1. The Morgan fingerprint density at radius 3 is 2.30 bits per heavy atom. The lowest BCUT2D eigenvalue weighted by Gasteiger charge is -2.31. The van der Waals surface area contributed by atoms with Gasteiger partial charge in [-0.3, -0.25) is 33.9 Å². The molecule has 3 atom stereocenters. The van der Waals surface area contributed by atoms with E-state index in [1.807, 2.05) is 0 Å². The first-order valence-electron chi connectivity index (χ1n) is 12.8. The molecule has 1 aromatic heterocycles. The Morgan fingerprint density at radius 2 is 1.65 bits per heavy atom. The predicted molar refractivity (Wildman–Crippen MR) is 146 cm³/mol. The van der Waals surface area contributed by atoms with Crippen LogP contribution in [0.2, 0.25) is 0 Å². The molecule has 4 heterocycles. The van der Waals surface area contributed by atoms with Crippen molar-refractivity contribution in [3.63, 3.8) is 0 Å². The van der Waals surface area contributed by atoms with Crippen molar-refractivity contribution >= 4 is 52.2 Å². The number of rotatable bonds is 5. The Bertz CT molecular complexity index is 1580. The number of amides is 3. The van der Waals surface area contributed by atoms with E-state index >= 15 is 0 Å². The van der Waals surface area contributed by atoms with Crippen LogP contribution < -0.4 is 9.77 Å². The highest BCUT2D eigenvalue weighted by atomic mass is 32.2. The predicted octanol–water partition coefficient (Wildman–Crippen LogP) is 3.77. The van der Waals surface area contributed by atoms with Gasteiger partial charge in [0.1, 0.15) is 17.6 Å². The normalized spacial score (nSPS) is 22.3. The zero-order chi connectivity index (χ0) is 28.1. The number of likely N-dealkylation sites (tertiary alicyclic amines) is 1. The van der Waals surface area contributed by atoms with E-state index in [0.717, 1.165) is 47.3 Å². The molecular formula is C27H23FN4O6S2. The second kappa shape index (κ2) is 10.3. The quantitative estimate of drug-likeness (QED) is 0.255. The molecule has 0 bridgehead atoms. The van der Waals surface area contributed by atoms with Gasteiger partial charge in [0, 0.05) is 36.0 Å². The SMILES string of the molecule is O=C(Cn1c2c(sc1=O)[C@@H](c1ccc(F)cc1)[C@@H]1C(=O)N(c3ccc([N+](=O)[O-])cc3)C(=O)[C@@H]1S2)N1CCCCC1. The summed E-state index contributed by atoms with van der Waals surface area (Å²) < 4.78 is 15.2. The van der Waals surface area contributed by atoms with Gasteiger partial charge < -0.3 is 4.90 Å². The first kappa shape index (κ1) is 26.4. The minimum absolute atomic E-state index is 0.167. The largest absolute Gasteiger partial charge is 0.341 e. The Morgan fingerprint density at radius 1 is 0.975 bits per heavy atom. The third-order valence-corrected chi connectivity index (χ3v) is 10.2. The van der Waals surface area contributed by atoms with Gasteiger partial charge in [-0.25, -0.2) is 9.29 Å². The zero-order valence-electron chi connectivity index (χ0n) is 21.0. The van der Waals surface area contributed by atoms with E-state index in [2.05, 4.69) is 0 Å². The first-order chi connectivity index (χ1) is 19.2. The van der Waals surface area contributed by atoms with Crippen LogP contribution >= 0.6 is 23.1 Å². The fourth-order valence-electron chi connectivity index (χ4n) is 5.64. The molecule has 0 aliphatic carbocycles. The van der Waals surface area contributed by atoms with Gasteiger partial charge in [0.15, 0.2) is 0 Å². The molecular weight excluding hydrogens is 559 g/mol. The molecule has 3 aromatic rings. The number of anilines is 1. The van der Waals surface area contributed by atoms with E-state index in [1.165, 1.54) is 53.1 Å². The third-order valence-electron chi connectivity index (χ3n) is 7.60. The van der Waals surface area contributed by atoms with E-state index < -0.39 is 39.6 Å². The average Bonchev–Trinajstić information content (AvgIpc) is 3.40. The van der Waals surface area contributed by atoms with Crippen molar-refractivity contribution in [2.24, 2.45) is 5.92 Å². The standard InChI is InChI=1S/C27H23FN4O6S2/c28-16-6-4-15(5-7-16)20-21-22(25(35)31(24(21)34)17-8-10-18(11-9-17)32(37)38)39-26-23(20)40-27(36)30(26)14-19(33)29-12-2-1-3-13-29/h4-11,20-22H,1-3,12-14H2/t20-,21-,22+/m0/s1. The molecule has 3 aliphatic heterocycles. The van der Waals surface area contributed by atoms with Gasteiger partial charge in [0.2, 0.25) is 17.7 Å². The lowest BCUT2D eigenvalue weighted by Crippen LogP contribution is -2.39. The summed E-state index contributed by atoms with van der Waals surface area (Å²) in [6.45, 7) is 1.10. The molecule has 2 fully saturated rings. The van der Waals surface area contributed by atoms with Crippen LogP contribution in [0, 0.1) is 21.8 Å². The van der Waals surface area contributed by atoms with Gasteiger partial charge in [0.05, 0.1) is 21.6 Å². The number of piperidine rings is 1. The number of benzene rings is 2. The first-order valence-corrected chi connectivity index (χ1v) is 14.5. The number of imide groups is 1. The van der Waals surface area contributed by atoms with Crippen LogP contribution in [-0.2, 0) is 20.9 Å². The molecule has 0 saturated carbocycles. The van der Waals surface area contributed by atoms with Crippen molar-refractivity contribution in [2.45, 2.75) is 42.0 Å². The summed E-state index contributed by atoms with van der Waals surface area (Å²) in [6, 6.07) is 10.8. The van der Waals surface area contributed by atoms with Crippen LogP contribution in [0.3, 0.4) is 0 Å². The molecule has 6 rings (SSSR count). The minimum Gasteiger partial charge on any atom is -0.341 e. The van der Waals surface area contributed by atoms with Crippen molar-refractivity contribution < 1.29 is 23.7 Å². The summed E-state index contributed by atoms with van der Waals surface area (Å²) in [7, 11) is 0. The fourth-order valence-corrected chi connectivity index (χ4v) is 8.41. The lowest BCUT2D eigenvalue weighted by atomic mass is 9.83. The summed E-state index contributed by atoms with van der Waals surface area (Å²) in [4.78, 5) is 67.4. The number of thiazole rings is 1. The number of nitrogens with zero attached hydrogens (tertiary/aromatic N) is 4. The van der Waals surface area contributed by atoms with Crippen LogP contribution in [0.15, 0.2) is 58.4 Å². The van der Waals surface area contributed by atoms with Crippen molar-refractivity contribution in [3.8, 4) is 0 Å². The Labute approximate surface area is 235 Å². The molecule has 0 radical (unpaired) electrons. The van der Waals surface area contributed by atoms with E-state index in [4.69, 9.17) is 0 Å². The molecule has 0 unspecified atom stereocenters.